The average molecular weight is 256 g/mol. The molecular weight excluding hydrogens is 240 g/mol. The second-order valence-corrected chi connectivity index (χ2v) is 4.80. The van der Waals surface area contributed by atoms with Crippen molar-refractivity contribution in [3.8, 4) is 0 Å². The molecule has 19 heavy (non-hydrogen) atoms. The first-order valence-corrected chi connectivity index (χ1v) is 6.49. The van der Waals surface area contributed by atoms with Crippen LogP contribution in [0.25, 0.3) is 0 Å². The van der Waals surface area contributed by atoms with E-state index in [1.165, 1.54) is 0 Å². The molecule has 1 aliphatic heterocycles. The molecular formula is C14H16N4O. The van der Waals surface area contributed by atoms with Gasteiger partial charge in [0.15, 0.2) is 5.69 Å². The maximum atomic E-state index is 12.4. The highest BCUT2D eigenvalue weighted by molar-refractivity contribution is 5.98. The second kappa shape index (κ2) is 4.50. The van der Waals surface area contributed by atoms with E-state index in [1.807, 2.05) is 30.2 Å². The van der Waals surface area contributed by atoms with E-state index in [-0.39, 0.29) is 11.9 Å². The Hall–Kier alpha value is -2.17. The van der Waals surface area contributed by atoms with Crippen molar-refractivity contribution in [1.82, 2.24) is 20.1 Å². The largest absolute Gasteiger partial charge is 0.326 e. The first-order valence-electron chi connectivity index (χ1n) is 6.49. The quantitative estimate of drug-likeness (QED) is 0.914. The van der Waals surface area contributed by atoms with Gasteiger partial charge in [0, 0.05) is 30.2 Å². The zero-order valence-electron chi connectivity index (χ0n) is 11.1. The summed E-state index contributed by atoms with van der Waals surface area (Å²) in [6, 6.07) is 3.85. The van der Waals surface area contributed by atoms with Crippen LogP contribution in [0.1, 0.15) is 46.7 Å². The van der Waals surface area contributed by atoms with E-state index in [0.717, 1.165) is 29.8 Å². The van der Waals surface area contributed by atoms with Crippen LogP contribution < -0.4 is 0 Å². The van der Waals surface area contributed by atoms with Gasteiger partial charge in [-0.05, 0) is 25.0 Å². The molecule has 5 heteroatoms. The van der Waals surface area contributed by atoms with Crippen LogP contribution in [0.5, 0.6) is 0 Å². The van der Waals surface area contributed by atoms with Gasteiger partial charge < -0.3 is 4.90 Å². The number of pyridine rings is 1. The maximum absolute atomic E-state index is 12.4. The highest BCUT2D eigenvalue weighted by Gasteiger charge is 2.40. The van der Waals surface area contributed by atoms with Crippen molar-refractivity contribution >= 4 is 5.91 Å². The summed E-state index contributed by atoms with van der Waals surface area (Å²) in [7, 11) is 0. The lowest BCUT2D eigenvalue weighted by molar-refractivity contribution is 0.0743. The summed E-state index contributed by atoms with van der Waals surface area (Å²) >= 11 is 0. The molecule has 1 aliphatic rings. The van der Waals surface area contributed by atoms with Crippen molar-refractivity contribution in [3.05, 3.63) is 47.0 Å². The Morgan fingerprint density at radius 2 is 2.32 bits per heavy atom. The molecule has 0 saturated carbocycles. The number of carbonyl (C=O) groups is 1. The standard InChI is InChI=1S/C14H16N4O/c1-3-7-18-13(10-5-4-6-15-8-10)11-9(2)16-17-12(11)14(18)19/h4-6,8,13H,3,7H2,1-2H3,(H,16,17)/t13-/m0/s1. The molecule has 3 heterocycles. The number of carbonyl (C=O) groups excluding carboxylic acids is 1. The molecule has 0 radical (unpaired) electrons. The summed E-state index contributed by atoms with van der Waals surface area (Å²) in [5.41, 5.74) is 3.54. The van der Waals surface area contributed by atoms with Crippen LogP contribution in [0, 0.1) is 6.92 Å². The Morgan fingerprint density at radius 3 is 3.00 bits per heavy atom. The Morgan fingerprint density at radius 1 is 1.47 bits per heavy atom. The second-order valence-electron chi connectivity index (χ2n) is 4.80. The molecule has 0 saturated heterocycles. The maximum Gasteiger partial charge on any atom is 0.275 e. The van der Waals surface area contributed by atoms with Gasteiger partial charge in [-0.3, -0.25) is 14.9 Å². The van der Waals surface area contributed by atoms with Gasteiger partial charge in [0.05, 0.1) is 6.04 Å². The van der Waals surface area contributed by atoms with Gasteiger partial charge in [-0.2, -0.15) is 5.10 Å². The van der Waals surface area contributed by atoms with Gasteiger partial charge in [0.25, 0.3) is 5.91 Å². The van der Waals surface area contributed by atoms with E-state index < -0.39 is 0 Å². The molecule has 0 fully saturated rings. The lowest BCUT2D eigenvalue weighted by Gasteiger charge is -2.25. The van der Waals surface area contributed by atoms with Crippen molar-refractivity contribution in [2.24, 2.45) is 0 Å². The van der Waals surface area contributed by atoms with Crippen LogP contribution in [-0.4, -0.2) is 32.5 Å². The average Bonchev–Trinajstić information content (AvgIpc) is 2.93. The number of nitrogens with zero attached hydrogens (tertiary/aromatic N) is 3. The monoisotopic (exact) mass is 256 g/mol. The van der Waals surface area contributed by atoms with Gasteiger partial charge in [0.2, 0.25) is 0 Å². The van der Waals surface area contributed by atoms with E-state index in [1.54, 1.807) is 6.20 Å². The number of aromatic amines is 1. The molecule has 5 nitrogen and oxygen atoms in total. The molecule has 0 spiro atoms. The summed E-state index contributed by atoms with van der Waals surface area (Å²) in [6.07, 6.45) is 4.49. The van der Waals surface area contributed by atoms with Gasteiger partial charge in [-0.1, -0.05) is 13.0 Å². The molecule has 2 aromatic heterocycles. The van der Waals surface area contributed by atoms with Crippen LogP contribution in [0.4, 0.5) is 0 Å². The van der Waals surface area contributed by atoms with Crippen LogP contribution in [0.2, 0.25) is 0 Å². The molecule has 0 aliphatic carbocycles. The van der Waals surface area contributed by atoms with Gasteiger partial charge in [-0.15, -0.1) is 0 Å². The Labute approximate surface area is 111 Å². The summed E-state index contributed by atoms with van der Waals surface area (Å²) in [5, 5.41) is 7.06. The van der Waals surface area contributed by atoms with Gasteiger partial charge in [-0.25, -0.2) is 0 Å². The SMILES string of the molecule is CCCN1C(=O)c2n[nH]c(C)c2[C@@H]1c1cccnc1. The number of rotatable bonds is 3. The molecule has 3 rings (SSSR count). The highest BCUT2D eigenvalue weighted by Crippen LogP contribution is 2.38. The minimum atomic E-state index is -0.0603. The van der Waals surface area contributed by atoms with E-state index in [2.05, 4.69) is 22.1 Å². The first kappa shape index (κ1) is 11.9. The fourth-order valence-electron chi connectivity index (χ4n) is 2.70. The molecule has 2 aromatic rings. The Balaban J connectivity index is 2.13. The summed E-state index contributed by atoms with van der Waals surface area (Å²) in [4.78, 5) is 18.5. The fraction of sp³-hybridized carbons (Fsp3) is 0.357. The van der Waals surface area contributed by atoms with Crippen molar-refractivity contribution in [2.45, 2.75) is 26.3 Å². The number of aryl methyl sites for hydroxylation is 1. The van der Waals surface area contributed by atoms with Crippen LogP contribution in [-0.2, 0) is 0 Å². The number of hydrogen-bond acceptors (Lipinski definition) is 3. The first-order chi connectivity index (χ1) is 9.24. The third-order valence-electron chi connectivity index (χ3n) is 3.51. The summed E-state index contributed by atoms with van der Waals surface area (Å²) < 4.78 is 0. The Kier molecular flexibility index (Phi) is 2.81. The predicted octanol–water partition coefficient (Wildman–Crippen LogP) is 2.07. The third-order valence-corrected chi connectivity index (χ3v) is 3.51. The minimum absolute atomic E-state index is 0.00931. The number of aromatic nitrogens is 3. The minimum Gasteiger partial charge on any atom is -0.326 e. The lowest BCUT2D eigenvalue weighted by Crippen LogP contribution is -2.30. The molecule has 0 unspecified atom stereocenters. The summed E-state index contributed by atoms with van der Waals surface area (Å²) in [5.74, 6) is 0.00931. The van der Waals surface area contributed by atoms with Crippen molar-refractivity contribution in [2.75, 3.05) is 6.54 Å². The van der Waals surface area contributed by atoms with E-state index in [0.29, 0.717) is 5.69 Å². The molecule has 0 aromatic carbocycles. The van der Waals surface area contributed by atoms with Gasteiger partial charge in [0.1, 0.15) is 0 Å². The predicted molar refractivity (Wildman–Crippen MR) is 70.7 cm³/mol. The van der Waals surface area contributed by atoms with E-state index in [9.17, 15) is 4.79 Å². The number of amides is 1. The van der Waals surface area contributed by atoms with Gasteiger partial charge >= 0.3 is 0 Å². The van der Waals surface area contributed by atoms with Crippen LogP contribution in [0.3, 0.4) is 0 Å². The topological polar surface area (TPSA) is 61.9 Å². The number of H-pyrrole nitrogens is 1. The van der Waals surface area contributed by atoms with Crippen molar-refractivity contribution < 1.29 is 4.79 Å². The highest BCUT2D eigenvalue weighted by atomic mass is 16.2. The molecule has 98 valence electrons. The van der Waals surface area contributed by atoms with E-state index >= 15 is 0 Å². The van der Waals surface area contributed by atoms with E-state index in [4.69, 9.17) is 0 Å². The van der Waals surface area contributed by atoms with Crippen molar-refractivity contribution in [1.29, 1.82) is 0 Å². The molecule has 1 amide bonds. The van der Waals surface area contributed by atoms with Crippen molar-refractivity contribution in [3.63, 3.8) is 0 Å². The Bertz CT molecular complexity index is 605. The fourth-order valence-corrected chi connectivity index (χ4v) is 2.70. The van der Waals surface area contributed by atoms with Crippen LogP contribution in [0.15, 0.2) is 24.5 Å². The molecule has 1 atom stereocenters. The number of fused-ring (bicyclic) bond motifs is 1. The normalized spacial score (nSPS) is 17.9. The molecule has 1 N–H and O–H groups in total. The summed E-state index contributed by atoms with van der Waals surface area (Å²) in [6.45, 7) is 4.76. The zero-order valence-corrected chi connectivity index (χ0v) is 11.1. The van der Waals surface area contributed by atoms with Crippen LogP contribution >= 0.6 is 0 Å². The molecule has 0 bridgehead atoms. The zero-order chi connectivity index (χ0) is 13.4. The number of hydrogen-bond donors (Lipinski definition) is 1. The number of nitrogens with one attached hydrogen (secondary N) is 1. The smallest absolute Gasteiger partial charge is 0.275 e. The third kappa shape index (κ3) is 1.73. The lowest BCUT2D eigenvalue weighted by atomic mass is 10.0.